The van der Waals surface area contributed by atoms with E-state index < -0.39 is 0 Å². The number of fused-ring (bicyclic) bond motifs is 1. The first kappa shape index (κ1) is 16.8. The van der Waals surface area contributed by atoms with Crippen LogP contribution in [0.15, 0.2) is 52.3 Å². The van der Waals surface area contributed by atoms with Gasteiger partial charge in [-0.3, -0.25) is 9.59 Å². The van der Waals surface area contributed by atoms with Gasteiger partial charge in [-0.1, -0.05) is 24.3 Å². The molecule has 1 N–H and O–H groups in total. The summed E-state index contributed by atoms with van der Waals surface area (Å²) in [5.41, 5.74) is 0.738. The molecule has 0 atom stereocenters. The summed E-state index contributed by atoms with van der Waals surface area (Å²) in [6.45, 7) is 2.04. The molecule has 3 heterocycles. The molecule has 0 unspecified atom stereocenters. The first-order valence-electron chi connectivity index (χ1n) is 8.80. The Morgan fingerprint density at radius 3 is 2.69 bits per heavy atom. The molecule has 0 aliphatic carbocycles. The van der Waals surface area contributed by atoms with E-state index in [0.717, 1.165) is 28.7 Å². The second-order valence-corrected chi connectivity index (χ2v) is 7.52. The van der Waals surface area contributed by atoms with Gasteiger partial charge in [0.25, 0.3) is 11.8 Å². The summed E-state index contributed by atoms with van der Waals surface area (Å²) in [6.07, 6.45) is 1.77. The van der Waals surface area contributed by atoms with Crippen LogP contribution >= 0.6 is 11.3 Å². The number of carbonyl (C=O) groups is 2. The first-order valence-corrected chi connectivity index (χ1v) is 9.68. The zero-order chi connectivity index (χ0) is 17.9. The van der Waals surface area contributed by atoms with Crippen molar-refractivity contribution in [2.45, 2.75) is 12.8 Å². The molecule has 1 fully saturated rings. The third kappa shape index (κ3) is 3.51. The number of piperidine rings is 1. The Bertz CT molecular complexity index is 875. The van der Waals surface area contributed by atoms with Gasteiger partial charge in [0.15, 0.2) is 5.76 Å². The Morgan fingerprint density at radius 2 is 1.96 bits per heavy atom. The van der Waals surface area contributed by atoms with Crippen LogP contribution in [0.25, 0.3) is 11.0 Å². The van der Waals surface area contributed by atoms with Gasteiger partial charge in [-0.05, 0) is 42.3 Å². The lowest BCUT2D eigenvalue weighted by atomic mass is 9.96. The van der Waals surface area contributed by atoms with Gasteiger partial charge in [0.05, 0.1) is 4.88 Å². The van der Waals surface area contributed by atoms with Crippen molar-refractivity contribution in [3.8, 4) is 0 Å². The van der Waals surface area contributed by atoms with Crippen LogP contribution in [0.1, 0.15) is 33.1 Å². The second-order valence-electron chi connectivity index (χ2n) is 6.57. The van der Waals surface area contributed by atoms with E-state index in [-0.39, 0.29) is 11.8 Å². The van der Waals surface area contributed by atoms with Crippen molar-refractivity contribution in [2.75, 3.05) is 19.6 Å². The fourth-order valence-corrected chi connectivity index (χ4v) is 3.96. The molecule has 3 aromatic rings. The monoisotopic (exact) mass is 368 g/mol. The Balaban J connectivity index is 1.30. The van der Waals surface area contributed by atoms with E-state index in [1.54, 1.807) is 0 Å². The molecule has 134 valence electrons. The molecule has 1 aliphatic heterocycles. The van der Waals surface area contributed by atoms with E-state index in [1.165, 1.54) is 11.3 Å². The number of thiophene rings is 1. The third-order valence-electron chi connectivity index (χ3n) is 4.83. The topological polar surface area (TPSA) is 62.6 Å². The highest BCUT2D eigenvalue weighted by Crippen LogP contribution is 2.23. The molecule has 0 spiro atoms. The molecule has 0 radical (unpaired) electrons. The molecular formula is C20H20N2O3S. The molecule has 1 aromatic carbocycles. The second kappa shape index (κ2) is 7.33. The van der Waals surface area contributed by atoms with Gasteiger partial charge >= 0.3 is 0 Å². The van der Waals surface area contributed by atoms with E-state index >= 15 is 0 Å². The number of nitrogens with one attached hydrogen (secondary N) is 1. The number of benzene rings is 1. The number of nitrogens with zero attached hydrogens (tertiary/aromatic N) is 1. The maximum atomic E-state index is 12.7. The van der Waals surface area contributed by atoms with Crippen molar-refractivity contribution in [3.63, 3.8) is 0 Å². The molecule has 26 heavy (non-hydrogen) atoms. The molecule has 6 heteroatoms. The zero-order valence-electron chi connectivity index (χ0n) is 14.3. The lowest BCUT2D eigenvalue weighted by Crippen LogP contribution is -2.41. The van der Waals surface area contributed by atoms with E-state index in [4.69, 9.17) is 4.42 Å². The van der Waals surface area contributed by atoms with Gasteiger partial charge in [0.2, 0.25) is 0 Å². The van der Waals surface area contributed by atoms with Crippen LogP contribution in [0, 0.1) is 5.92 Å². The average molecular weight is 368 g/mol. The molecule has 2 amide bonds. The highest BCUT2D eigenvalue weighted by molar-refractivity contribution is 7.12. The van der Waals surface area contributed by atoms with Crippen LogP contribution in [0.3, 0.4) is 0 Å². The molecule has 2 aromatic heterocycles. The smallest absolute Gasteiger partial charge is 0.289 e. The Morgan fingerprint density at radius 1 is 1.15 bits per heavy atom. The summed E-state index contributed by atoms with van der Waals surface area (Å²) >= 11 is 1.45. The van der Waals surface area contributed by atoms with Crippen LogP contribution in [-0.4, -0.2) is 36.3 Å². The van der Waals surface area contributed by atoms with Gasteiger partial charge in [-0.25, -0.2) is 0 Å². The number of rotatable bonds is 4. The number of hydrogen-bond donors (Lipinski definition) is 1. The number of para-hydroxylation sites is 1. The number of carbonyl (C=O) groups excluding carboxylic acids is 2. The van der Waals surface area contributed by atoms with E-state index in [0.29, 0.717) is 31.3 Å². The molecule has 1 saturated heterocycles. The Labute approximate surface area is 155 Å². The molecule has 0 bridgehead atoms. The average Bonchev–Trinajstić information content (AvgIpc) is 3.35. The van der Waals surface area contributed by atoms with Crippen molar-refractivity contribution in [3.05, 3.63) is 58.5 Å². The van der Waals surface area contributed by atoms with Gasteiger partial charge in [0, 0.05) is 25.0 Å². The van der Waals surface area contributed by atoms with E-state index in [1.807, 2.05) is 52.7 Å². The normalized spacial score (nSPS) is 15.3. The summed E-state index contributed by atoms with van der Waals surface area (Å²) in [5.74, 6) is 0.734. The standard InChI is InChI=1S/C20H20N2O3S/c23-19(18-6-3-11-26-18)21-13-14-7-9-22(10-8-14)20(24)17-12-15-4-1-2-5-16(15)25-17/h1-6,11-12,14H,7-10,13H2,(H,21,23). The van der Waals surface area contributed by atoms with Crippen LogP contribution in [0.2, 0.25) is 0 Å². The lowest BCUT2D eigenvalue weighted by molar-refractivity contribution is 0.0655. The summed E-state index contributed by atoms with van der Waals surface area (Å²) in [5, 5.41) is 5.84. The quantitative estimate of drug-likeness (QED) is 0.762. The predicted octanol–water partition coefficient (Wildman–Crippen LogP) is 3.78. The van der Waals surface area contributed by atoms with Gasteiger partial charge < -0.3 is 14.6 Å². The van der Waals surface area contributed by atoms with Gasteiger partial charge in [0.1, 0.15) is 5.58 Å². The van der Waals surface area contributed by atoms with Crippen molar-refractivity contribution in [2.24, 2.45) is 5.92 Å². The molecular weight excluding hydrogens is 348 g/mol. The van der Waals surface area contributed by atoms with E-state index in [2.05, 4.69) is 5.32 Å². The number of furan rings is 1. The number of likely N-dealkylation sites (tertiary alicyclic amines) is 1. The third-order valence-corrected chi connectivity index (χ3v) is 5.70. The summed E-state index contributed by atoms with van der Waals surface area (Å²) in [7, 11) is 0. The lowest BCUT2D eigenvalue weighted by Gasteiger charge is -2.31. The van der Waals surface area contributed by atoms with Gasteiger partial charge in [-0.15, -0.1) is 11.3 Å². The van der Waals surface area contributed by atoms with Crippen molar-refractivity contribution >= 4 is 34.1 Å². The minimum Gasteiger partial charge on any atom is -0.451 e. The van der Waals surface area contributed by atoms with Crippen molar-refractivity contribution in [1.82, 2.24) is 10.2 Å². The summed E-state index contributed by atoms with van der Waals surface area (Å²) in [4.78, 5) is 27.3. The molecule has 1 aliphatic rings. The molecule has 0 saturated carbocycles. The summed E-state index contributed by atoms with van der Waals surface area (Å²) in [6, 6.07) is 13.2. The molecule has 5 nitrogen and oxygen atoms in total. The largest absolute Gasteiger partial charge is 0.451 e. The van der Waals surface area contributed by atoms with Gasteiger partial charge in [-0.2, -0.15) is 0 Å². The van der Waals surface area contributed by atoms with Crippen molar-refractivity contribution in [1.29, 1.82) is 0 Å². The zero-order valence-corrected chi connectivity index (χ0v) is 15.1. The SMILES string of the molecule is O=C(NCC1CCN(C(=O)c2cc3ccccc3o2)CC1)c1cccs1. The van der Waals surface area contributed by atoms with Crippen LogP contribution in [0.5, 0.6) is 0 Å². The van der Waals surface area contributed by atoms with E-state index in [9.17, 15) is 9.59 Å². The highest BCUT2D eigenvalue weighted by atomic mass is 32.1. The van der Waals surface area contributed by atoms with Crippen LogP contribution < -0.4 is 5.32 Å². The predicted molar refractivity (Wildman–Crippen MR) is 101 cm³/mol. The maximum absolute atomic E-state index is 12.7. The Kier molecular flexibility index (Phi) is 4.75. The maximum Gasteiger partial charge on any atom is 0.289 e. The Hall–Kier alpha value is -2.60. The fraction of sp³-hybridized carbons (Fsp3) is 0.300. The minimum atomic E-state index is -0.0535. The first-order chi connectivity index (χ1) is 12.7. The number of amides is 2. The highest BCUT2D eigenvalue weighted by Gasteiger charge is 2.26. The van der Waals surface area contributed by atoms with Crippen LogP contribution in [-0.2, 0) is 0 Å². The van der Waals surface area contributed by atoms with Crippen LogP contribution in [0.4, 0.5) is 0 Å². The summed E-state index contributed by atoms with van der Waals surface area (Å²) < 4.78 is 5.68. The minimum absolute atomic E-state index is 0.0132. The van der Waals surface area contributed by atoms with Crippen molar-refractivity contribution < 1.29 is 14.0 Å². The molecule has 4 rings (SSSR count). The fourth-order valence-electron chi connectivity index (χ4n) is 3.32. The number of hydrogen-bond acceptors (Lipinski definition) is 4.